The molecule has 1 atom stereocenters. The summed E-state index contributed by atoms with van der Waals surface area (Å²) in [6, 6.07) is 11.4. The van der Waals surface area contributed by atoms with Crippen molar-refractivity contribution in [1.82, 2.24) is 4.90 Å². The van der Waals surface area contributed by atoms with E-state index in [9.17, 15) is 0 Å². The molecule has 3 heteroatoms. The van der Waals surface area contributed by atoms with E-state index in [1.165, 1.54) is 18.7 Å². The van der Waals surface area contributed by atoms with E-state index in [0.717, 1.165) is 26.2 Å². The number of anilines is 1. The normalized spacial score (nSPS) is 27.7. The quantitative estimate of drug-likeness (QED) is 0.812. The molecular weight excluding hydrogens is 236 g/mol. The van der Waals surface area contributed by atoms with Crippen LogP contribution in [0.25, 0.3) is 0 Å². The van der Waals surface area contributed by atoms with Crippen LogP contribution in [0.1, 0.15) is 20.3 Å². The zero-order valence-electron chi connectivity index (χ0n) is 12.0. The van der Waals surface area contributed by atoms with Crippen LogP contribution in [0, 0.1) is 0 Å². The minimum absolute atomic E-state index is 0.0123. The first kappa shape index (κ1) is 12.9. The molecule has 0 amide bonds. The second-order valence-corrected chi connectivity index (χ2v) is 6.30. The molecule has 0 aliphatic carbocycles. The maximum atomic E-state index is 5.81. The number of rotatable bonds is 2. The first-order chi connectivity index (χ1) is 9.14. The van der Waals surface area contributed by atoms with Gasteiger partial charge >= 0.3 is 0 Å². The molecule has 3 rings (SSSR count). The average molecular weight is 260 g/mol. The molecule has 0 radical (unpaired) electrons. The number of nitrogens with zero attached hydrogens (tertiary/aromatic N) is 2. The maximum Gasteiger partial charge on any atom is 0.0753 e. The van der Waals surface area contributed by atoms with Crippen molar-refractivity contribution in [1.29, 1.82) is 0 Å². The molecule has 2 aliphatic heterocycles. The van der Waals surface area contributed by atoms with E-state index in [1.54, 1.807) is 0 Å². The van der Waals surface area contributed by atoms with Gasteiger partial charge in [-0.15, -0.1) is 0 Å². The topological polar surface area (TPSA) is 15.7 Å². The van der Waals surface area contributed by atoms with Gasteiger partial charge in [-0.25, -0.2) is 0 Å². The van der Waals surface area contributed by atoms with E-state index in [0.29, 0.717) is 6.04 Å². The van der Waals surface area contributed by atoms with E-state index >= 15 is 0 Å². The van der Waals surface area contributed by atoms with Gasteiger partial charge in [-0.1, -0.05) is 18.2 Å². The highest BCUT2D eigenvalue weighted by Gasteiger charge is 2.34. The number of hydrogen-bond acceptors (Lipinski definition) is 3. The lowest BCUT2D eigenvalue weighted by molar-refractivity contribution is -0.0949. The molecule has 0 spiro atoms. The Bertz CT molecular complexity index is 418. The Labute approximate surface area is 116 Å². The van der Waals surface area contributed by atoms with E-state index < -0.39 is 0 Å². The van der Waals surface area contributed by atoms with Crippen molar-refractivity contribution < 1.29 is 4.74 Å². The first-order valence-electron chi connectivity index (χ1n) is 7.32. The van der Waals surface area contributed by atoms with Gasteiger partial charge in [0, 0.05) is 37.9 Å². The Balaban J connectivity index is 1.63. The van der Waals surface area contributed by atoms with Crippen molar-refractivity contribution in [2.24, 2.45) is 0 Å². The number of hydrogen-bond donors (Lipinski definition) is 0. The van der Waals surface area contributed by atoms with Gasteiger partial charge < -0.3 is 9.64 Å². The van der Waals surface area contributed by atoms with Crippen molar-refractivity contribution in [3.63, 3.8) is 0 Å². The van der Waals surface area contributed by atoms with Crippen molar-refractivity contribution >= 4 is 5.69 Å². The molecule has 1 aromatic rings. The van der Waals surface area contributed by atoms with Gasteiger partial charge in [0.15, 0.2) is 0 Å². The van der Waals surface area contributed by atoms with E-state index in [4.69, 9.17) is 4.74 Å². The SMILES string of the molecule is CC1(C)CN(C2CCN(c3ccccc3)C2)CCO1. The molecule has 1 aromatic carbocycles. The molecule has 3 nitrogen and oxygen atoms in total. The third-order valence-electron chi connectivity index (χ3n) is 4.26. The summed E-state index contributed by atoms with van der Waals surface area (Å²) in [6.45, 7) is 9.73. The molecule has 0 saturated carbocycles. The largest absolute Gasteiger partial charge is 0.373 e. The number of morpholine rings is 1. The van der Waals surface area contributed by atoms with Crippen LogP contribution in [0.5, 0.6) is 0 Å². The van der Waals surface area contributed by atoms with E-state index in [1.807, 2.05) is 0 Å². The Hall–Kier alpha value is -1.06. The molecule has 2 saturated heterocycles. The standard InChI is InChI=1S/C16H24N2O/c1-16(2)13-18(10-11-19-16)15-8-9-17(12-15)14-6-4-3-5-7-14/h3-7,15H,8-13H2,1-2H3. The Morgan fingerprint density at radius 2 is 1.95 bits per heavy atom. The lowest BCUT2D eigenvalue weighted by Crippen LogP contribution is -2.52. The predicted molar refractivity (Wildman–Crippen MR) is 78.7 cm³/mol. The molecular formula is C16H24N2O. The van der Waals surface area contributed by atoms with Crippen LogP contribution >= 0.6 is 0 Å². The van der Waals surface area contributed by atoms with Crippen molar-refractivity contribution in [2.75, 3.05) is 37.7 Å². The van der Waals surface area contributed by atoms with Gasteiger partial charge in [0.25, 0.3) is 0 Å². The lowest BCUT2D eigenvalue weighted by Gasteiger charge is -2.41. The van der Waals surface area contributed by atoms with Crippen molar-refractivity contribution in [3.8, 4) is 0 Å². The third-order valence-corrected chi connectivity index (χ3v) is 4.26. The Kier molecular flexibility index (Phi) is 3.50. The fourth-order valence-electron chi connectivity index (χ4n) is 3.28. The fourth-order valence-corrected chi connectivity index (χ4v) is 3.28. The van der Waals surface area contributed by atoms with Crippen LogP contribution in [0.2, 0.25) is 0 Å². The minimum Gasteiger partial charge on any atom is -0.373 e. The summed E-state index contributed by atoms with van der Waals surface area (Å²) >= 11 is 0. The van der Waals surface area contributed by atoms with E-state index in [-0.39, 0.29) is 5.60 Å². The molecule has 104 valence electrons. The zero-order chi connectivity index (χ0) is 13.3. The molecule has 0 N–H and O–H groups in total. The van der Waals surface area contributed by atoms with Crippen LogP contribution < -0.4 is 4.90 Å². The monoisotopic (exact) mass is 260 g/mol. The van der Waals surface area contributed by atoms with Gasteiger partial charge in [0.2, 0.25) is 0 Å². The first-order valence-corrected chi connectivity index (χ1v) is 7.32. The average Bonchev–Trinajstić information content (AvgIpc) is 2.88. The smallest absolute Gasteiger partial charge is 0.0753 e. The number of benzene rings is 1. The molecule has 2 heterocycles. The van der Waals surface area contributed by atoms with Gasteiger partial charge in [-0.2, -0.15) is 0 Å². The Morgan fingerprint density at radius 1 is 1.16 bits per heavy atom. The number of para-hydroxylation sites is 1. The van der Waals surface area contributed by atoms with Crippen LogP contribution in [0.3, 0.4) is 0 Å². The van der Waals surface area contributed by atoms with Gasteiger partial charge in [-0.05, 0) is 32.4 Å². The van der Waals surface area contributed by atoms with Crippen LogP contribution in [-0.4, -0.2) is 49.3 Å². The lowest BCUT2D eigenvalue weighted by atomic mass is 10.1. The molecule has 1 unspecified atom stereocenters. The Morgan fingerprint density at radius 3 is 2.68 bits per heavy atom. The molecule has 0 bridgehead atoms. The summed E-state index contributed by atoms with van der Waals surface area (Å²) in [5.74, 6) is 0. The summed E-state index contributed by atoms with van der Waals surface area (Å²) in [5.41, 5.74) is 1.37. The highest BCUT2D eigenvalue weighted by Crippen LogP contribution is 2.26. The zero-order valence-corrected chi connectivity index (χ0v) is 12.0. The summed E-state index contributed by atoms with van der Waals surface area (Å²) in [4.78, 5) is 5.12. The van der Waals surface area contributed by atoms with Crippen LogP contribution in [-0.2, 0) is 4.74 Å². The molecule has 2 fully saturated rings. The second-order valence-electron chi connectivity index (χ2n) is 6.30. The minimum atomic E-state index is 0.0123. The summed E-state index contributed by atoms with van der Waals surface area (Å²) in [7, 11) is 0. The van der Waals surface area contributed by atoms with Gasteiger partial charge in [-0.3, -0.25) is 4.90 Å². The summed E-state index contributed by atoms with van der Waals surface area (Å²) in [5, 5.41) is 0. The van der Waals surface area contributed by atoms with Crippen LogP contribution in [0.4, 0.5) is 5.69 Å². The van der Waals surface area contributed by atoms with Gasteiger partial charge in [0.1, 0.15) is 0 Å². The highest BCUT2D eigenvalue weighted by atomic mass is 16.5. The molecule has 2 aliphatic rings. The fraction of sp³-hybridized carbons (Fsp3) is 0.625. The van der Waals surface area contributed by atoms with Crippen LogP contribution in [0.15, 0.2) is 30.3 Å². The van der Waals surface area contributed by atoms with Crippen molar-refractivity contribution in [3.05, 3.63) is 30.3 Å². The van der Waals surface area contributed by atoms with Crippen molar-refractivity contribution in [2.45, 2.75) is 31.9 Å². The summed E-state index contributed by atoms with van der Waals surface area (Å²) < 4.78 is 5.81. The molecule has 19 heavy (non-hydrogen) atoms. The van der Waals surface area contributed by atoms with E-state index in [2.05, 4.69) is 54.0 Å². The summed E-state index contributed by atoms with van der Waals surface area (Å²) in [6.07, 6.45) is 1.27. The number of ether oxygens (including phenoxy) is 1. The maximum absolute atomic E-state index is 5.81. The molecule has 0 aromatic heterocycles. The van der Waals surface area contributed by atoms with Gasteiger partial charge in [0.05, 0.1) is 12.2 Å². The third kappa shape index (κ3) is 2.93. The second kappa shape index (κ2) is 5.14. The highest BCUT2D eigenvalue weighted by molar-refractivity contribution is 5.47. The predicted octanol–water partition coefficient (Wildman–Crippen LogP) is 2.38.